The predicted octanol–water partition coefficient (Wildman–Crippen LogP) is 1.98. The van der Waals surface area contributed by atoms with E-state index in [2.05, 4.69) is 17.2 Å². The van der Waals surface area contributed by atoms with Crippen molar-refractivity contribution in [3.05, 3.63) is 12.7 Å². The van der Waals surface area contributed by atoms with E-state index in [9.17, 15) is 9.59 Å². The summed E-state index contributed by atoms with van der Waals surface area (Å²) in [5, 5.41) is 5.50. The highest BCUT2D eigenvalue weighted by Crippen LogP contribution is 2.36. The molecule has 2 amide bonds. The van der Waals surface area contributed by atoms with Crippen molar-refractivity contribution in [2.75, 3.05) is 13.7 Å². The largest absolute Gasteiger partial charge is 0.469 e. The van der Waals surface area contributed by atoms with E-state index in [4.69, 9.17) is 4.74 Å². The lowest BCUT2D eigenvalue weighted by atomic mass is 9.74. The summed E-state index contributed by atoms with van der Waals surface area (Å²) >= 11 is 0. The molecule has 0 aromatic rings. The summed E-state index contributed by atoms with van der Waals surface area (Å²) in [6.45, 7) is 5.77. The maximum atomic E-state index is 12.0. The van der Waals surface area contributed by atoms with Gasteiger partial charge in [0.2, 0.25) is 0 Å². The Kier molecular flexibility index (Phi) is 5.86. The number of urea groups is 1. The summed E-state index contributed by atoms with van der Waals surface area (Å²) in [4.78, 5) is 23.7. The molecule has 0 radical (unpaired) electrons. The van der Waals surface area contributed by atoms with E-state index in [0.717, 1.165) is 32.1 Å². The zero-order valence-electron chi connectivity index (χ0n) is 11.8. The van der Waals surface area contributed by atoms with Crippen LogP contribution in [0, 0.1) is 5.41 Å². The van der Waals surface area contributed by atoms with Gasteiger partial charge in [0.15, 0.2) is 0 Å². The first-order valence-electron chi connectivity index (χ1n) is 6.79. The summed E-state index contributed by atoms with van der Waals surface area (Å²) in [7, 11) is 1.40. The molecule has 1 saturated carbocycles. The molecular formula is C14H24N2O3. The molecular weight excluding hydrogens is 244 g/mol. The Bertz CT molecular complexity index is 336. The van der Waals surface area contributed by atoms with Gasteiger partial charge in [0, 0.05) is 12.6 Å². The van der Waals surface area contributed by atoms with Crippen LogP contribution >= 0.6 is 0 Å². The Hall–Kier alpha value is -1.52. The zero-order valence-corrected chi connectivity index (χ0v) is 11.8. The third-order valence-corrected chi connectivity index (χ3v) is 3.73. The summed E-state index contributed by atoms with van der Waals surface area (Å²) in [5.41, 5.74) is -0.554. The molecule has 1 fully saturated rings. The number of esters is 1. The van der Waals surface area contributed by atoms with Crippen LogP contribution in [-0.4, -0.2) is 31.7 Å². The molecule has 0 heterocycles. The molecule has 0 saturated heterocycles. The van der Waals surface area contributed by atoms with Gasteiger partial charge in [-0.3, -0.25) is 4.79 Å². The SMILES string of the molecule is C=CC(C)NC(=O)NCC1(C(=O)OC)CCCCC1. The first kappa shape index (κ1) is 15.5. The van der Waals surface area contributed by atoms with Crippen molar-refractivity contribution in [1.29, 1.82) is 0 Å². The number of ether oxygens (including phenoxy) is 1. The quantitative estimate of drug-likeness (QED) is 0.592. The van der Waals surface area contributed by atoms with E-state index in [0.29, 0.717) is 6.54 Å². The van der Waals surface area contributed by atoms with Gasteiger partial charge >= 0.3 is 12.0 Å². The second-order valence-electron chi connectivity index (χ2n) is 5.18. The second-order valence-corrected chi connectivity index (χ2v) is 5.18. The molecule has 5 heteroatoms. The summed E-state index contributed by atoms with van der Waals surface area (Å²) in [6.07, 6.45) is 6.34. The molecule has 0 aliphatic heterocycles. The fraction of sp³-hybridized carbons (Fsp3) is 0.714. The van der Waals surface area contributed by atoms with E-state index in [1.807, 2.05) is 6.92 Å². The van der Waals surface area contributed by atoms with Crippen LogP contribution in [-0.2, 0) is 9.53 Å². The highest BCUT2D eigenvalue weighted by molar-refractivity contribution is 5.79. The van der Waals surface area contributed by atoms with Crippen LogP contribution in [0.3, 0.4) is 0 Å². The average molecular weight is 268 g/mol. The van der Waals surface area contributed by atoms with E-state index >= 15 is 0 Å². The maximum absolute atomic E-state index is 12.0. The molecule has 0 aromatic heterocycles. The monoisotopic (exact) mass is 268 g/mol. The zero-order chi connectivity index (χ0) is 14.3. The molecule has 0 spiro atoms. The first-order chi connectivity index (χ1) is 9.04. The molecule has 2 N–H and O–H groups in total. The lowest BCUT2D eigenvalue weighted by molar-refractivity contribution is -0.154. The Morgan fingerprint density at radius 1 is 1.37 bits per heavy atom. The minimum atomic E-state index is -0.554. The van der Waals surface area contributed by atoms with Crippen molar-refractivity contribution in [2.24, 2.45) is 5.41 Å². The lowest BCUT2D eigenvalue weighted by Crippen LogP contribution is -2.48. The normalized spacial score (nSPS) is 19.1. The molecule has 1 atom stereocenters. The Balaban J connectivity index is 2.56. The smallest absolute Gasteiger partial charge is 0.315 e. The van der Waals surface area contributed by atoms with Crippen molar-refractivity contribution in [1.82, 2.24) is 10.6 Å². The van der Waals surface area contributed by atoms with Gasteiger partial charge in [-0.15, -0.1) is 6.58 Å². The number of hydrogen-bond acceptors (Lipinski definition) is 3. The van der Waals surface area contributed by atoms with Gasteiger partial charge in [0.05, 0.1) is 12.5 Å². The van der Waals surface area contributed by atoms with Crippen molar-refractivity contribution < 1.29 is 14.3 Å². The van der Waals surface area contributed by atoms with E-state index in [1.165, 1.54) is 7.11 Å². The fourth-order valence-electron chi connectivity index (χ4n) is 2.46. The Morgan fingerprint density at radius 2 is 2.00 bits per heavy atom. The summed E-state index contributed by atoms with van der Waals surface area (Å²) in [5.74, 6) is -0.218. The highest BCUT2D eigenvalue weighted by Gasteiger charge is 2.40. The second kappa shape index (κ2) is 7.16. The summed E-state index contributed by atoms with van der Waals surface area (Å²) < 4.78 is 4.90. The Morgan fingerprint density at radius 3 is 2.53 bits per heavy atom. The van der Waals surface area contributed by atoms with Crippen molar-refractivity contribution in [3.8, 4) is 0 Å². The standard InChI is InChI=1S/C14H24N2O3/c1-4-11(2)16-13(18)15-10-14(12(17)19-3)8-6-5-7-9-14/h4,11H,1,5-10H2,2-3H3,(H2,15,16,18). The third kappa shape index (κ3) is 4.26. The van der Waals surface area contributed by atoms with Crippen LogP contribution in [0.5, 0.6) is 0 Å². The number of hydrogen-bond donors (Lipinski definition) is 2. The van der Waals surface area contributed by atoms with Gasteiger partial charge in [-0.1, -0.05) is 25.3 Å². The average Bonchev–Trinajstić information content (AvgIpc) is 2.45. The van der Waals surface area contributed by atoms with E-state index in [1.54, 1.807) is 6.08 Å². The van der Waals surface area contributed by atoms with Crippen LogP contribution in [0.25, 0.3) is 0 Å². The topological polar surface area (TPSA) is 67.4 Å². The molecule has 1 aliphatic rings. The predicted molar refractivity (Wildman–Crippen MR) is 73.7 cm³/mol. The van der Waals surface area contributed by atoms with Gasteiger partial charge in [0.1, 0.15) is 0 Å². The maximum Gasteiger partial charge on any atom is 0.315 e. The molecule has 1 unspecified atom stereocenters. The fourth-order valence-corrected chi connectivity index (χ4v) is 2.46. The van der Waals surface area contributed by atoms with Crippen LogP contribution in [0.15, 0.2) is 12.7 Å². The number of rotatable bonds is 5. The van der Waals surface area contributed by atoms with Crippen LogP contribution in [0.2, 0.25) is 0 Å². The molecule has 5 nitrogen and oxygen atoms in total. The lowest BCUT2D eigenvalue weighted by Gasteiger charge is -2.34. The van der Waals surface area contributed by atoms with Crippen molar-refractivity contribution in [2.45, 2.75) is 45.1 Å². The van der Waals surface area contributed by atoms with Gasteiger partial charge in [-0.25, -0.2) is 4.79 Å². The van der Waals surface area contributed by atoms with Gasteiger partial charge in [-0.05, 0) is 19.8 Å². The number of carbonyl (C=O) groups is 2. The summed E-state index contributed by atoms with van der Waals surface area (Å²) in [6, 6.07) is -0.373. The third-order valence-electron chi connectivity index (χ3n) is 3.73. The highest BCUT2D eigenvalue weighted by atomic mass is 16.5. The first-order valence-corrected chi connectivity index (χ1v) is 6.79. The van der Waals surface area contributed by atoms with Crippen LogP contribution < -0.4 is 10.6 Å². The van der Waals surface area contributed by atoms with Crippen LogP contribution in [0.1, 0.15) is 39.0 Å². The molecule has 108 valence electrons. The van der Waals surface area contributed by atoms with E-state index < -0.39 is 5.41 Å². The minimum Gasteiger partial charge on any atom is -0.469 e. The van der Waals surface area contributed by atoms with Gasteiger partial charge in [0.25, 0.3) is 0 Å². The number of nitrogens with one attached hydrogen (secondary N) is 2. The van der Waals surface area contributed by atoms with Crippen LogP contribution in [0.4, 0.5) is 4.79 Å². The van der Waals surface area contributed by atoms with Gasteiger partial charge in [-0.2, -0.15) is 0 Å². The number of amides is 2. The number of carbonyl (C=O) groups excluding carboxylic acids is 2. The van der Waals surface area contributed by atoms with Gasteiger partial charge < -0.3 is 15.4 Å². The number of methoxy groups -OCH3 is 1. The van der Waals surface area contributed by atoms with Crippen molar-refractivity contribution in [3.63, 3.8) is 0 Å². The molecule has 1 aliphatic carbocycles. The Labute approximate surface area is 114 Å². The minimum absolute atomic E-state index is 0.0968. The molecule has 0 bridgehead atoms. The van der Waals surface area contributed by atoms with Crippen molar-refractivity contribution >= 4 is 12.0 Å². The van der Waals surface area contributed by atoms with E-state index in [-0.39, 0.29) is 18.0 Å². The molecule has 0 aromatic carbocycles. The molecule has 19 heavy (non-hydrogen) atoms. The molecule has 1 rings (SSSR count).